The highest BCUT2D eigenvalue weighted by atomic mass is 16.6. The molecule has 0 unspecified atom stereocenters. The van der Waals surface area contributed by atoms with Crippen molar-refractivity contribution < 1.29 is 19.1 Å². The number of ether oxygens (including phenoxy) is 1. The van der Waals surface area contributed by atoms with Crippen molar-refractivity contribution in [2.45, 2.75) is 71.1 Å². The van der Waals surface area contributed by atoms with Gasteiger partial charge >= 0.3 is 12.1 Å². The number of nitrogens with one attached hydrogen (secondary N) is 3. The van der Waals surface area contributed by atoms with Crippen LogP contribution in [0.1, 0.15) is 68.8 Å². The molecule has 1 aliphatic rings. The summed E-state index contributed by atoms with van der Waals surface area (Å²) in [6.45, 7) is 7.38. The minimum absolute atomic E-state index is 0.0310. The summed E-state index contributed by atoms with van der Waals surface area (Å²) in [7, 11) is 4.05. The minimum Gasteiger partial charge on any atom is -0.444 e. The molecule has 1 aliphatic carbocycles. The Morgan fingerprint density at radius 3 is 2.10 bits per heavy atom. The summed E-state index contributed by atoms with van der Waals surface area (Å²) in [6, 6.07) is 14.4. The molecule has 0 atom stereocenters. The lowest BCUT2D eigenvalue weighted by molar-refractivity contribution is 0.0635. The van der Waals surface area contributed by atoms with Crippen molar-refractivity contribution in [2.24, 2.45) is 0 Å². The Bertz CT molecular complexity index is 1110. The van der Waals surface area contributed by atoms with E-state index in [2.05, 4.69) is 20.9 Å². The first kappa shape index (κ1) is 30.0. The fourth-order valence-corrected chi connectivity index (χ4v) is 4.46. The first-order chi connectivity index (χ1) is 18.5. The Balaban J connectivity index is 1.63. The van der Waals surface area contributed by atoms with Crippen molar-refractivity contribution in [2.75, 3.05) is 37.8 Å². The van der Waals surface area contributed by atoms with Gasteiger partial charge in [0.25, 0.3) is 5.91 Å². The van der Waals surface area contributed by atoms with Crippen molar-refractivity contribution in [3.05, 3.63) is 59.7 Å². The molecule has 0 aromatic heterocycles. The second-order valence-electron chi connectivity index (χ2n) is 11.3. The molecule has 9 heteroatoms. The van der Waals surface area contributed by atoms with Crippen molar-refractivity contribution in [3.63, 3.8) is 0 Å². The molecule has 2 aromatic carbocycles. The molecule has 0 aliphatic heterocycles. The SMILES string of the molecule is CN(C)CCCN(Cc1ccc(C(=O)Nc2ccccc2NC(=O)OC(C)(C)C)cc1)C(=O)NC1CCCC1. The first-order valence-corrected chi connectivity index (χ1v) is 13.7. The largest absolute Gasteiger partial charge is 0.444 e. The molecule has 3 N–H and O–H groups in total. The first-order valence-electron chi connectivity index (χ1n) is 13.7. The van der Waals surface area contributed by atoms with Crippen LogP contribution < -0.4 is 16.0 Å². The molecule has 9 nitrogen and oxygen atoms in total. The lowest BCUT2D eigenvalue weighted by atomic mass is 10.1. The van der Waals surface area contributed by atoms with Gasteiger partial charge in [0, 0.05) is 24.7 Å². The van der Waals surface area contributed by atoms with E-state index in [0.717, 1.165) is 44.2 Å². The molecule has 2 aromatic rings. The monoisotopic (exact) mass is 537 g/mol. The number of rotatable bonds is 10. The number of hydrogen-bond acceptors (Lipinski definition) is 5. The minimum atomic E-state index is -0.636. The Morgan fingerprint density at radius 2 is 1.51 bits per heavy atom. The highest BCUT2D eigenvalue weighted by Gasteiger charge is 2.22. The average Bonchev–Trinajstić information content (AvgIpc) is 3.36. The maximum atomic E-state index is 13.0. The summed E-state index contributed by atoms with van der Waals surface area (Å²) in [4.78, 5) is 42.2. The van der Waals surface area contributed by atoms with Gasteiger partial charge in [0.05, 0.1) is 11.4 Å². The number of amides is 4. The third kappa shape index (κ3) is 10.2. The smallest absolute Gasteiger partial charge is 0.412 e. The molecule has 3 rings (SSSR count). The van der Waals surface area contributed by atoms with E-state index in [1.54, 1.807) is 57.2 Å². The van der Waals surface area contributed by atoms with E-state index < -0.39 is 11.7 Å². The lowest BCUT2D eigenvalue weighted by Gasteiger charge is -2.26. The zero-order valence-corrected chi connectivity index (χ0v) is 23.9. The predicted octanol–water partition coefficient (Wildman–Crippen LogP) is 5.69. The van der Waals surface area contributed by atoms with Crippen LogP contribution in [0.15, 0.2) is 48.5 Å². The van der Waals surface area contributed by atoms with Crippen molar-refractivity contribution in [3.8, 4) is 0 Å². The van der Waals surface area contributed by atoms with Crippen LogP contribution >= 0.6 is 0 Å². The van der Waals surface area contributed by atoms with E-state index in [-0.39, 0.29) is 18.0 Å². The highest BCUT2D eigenvalue weighted by molar-refractivity contribution is 6.06. The summed E-state index contributed by atoms with van der Waals surface area (Å²) in [5.74, 6) is -0.304. The Hall–Kier alpha value is -3.59. The number of carbonyl (C=O) groups excluding carboxylic acids is 3. The Morgan fingerprint density at radius 1 is 0.897 bits per heavy atom. The van der Waals surface area contributed by atoms with E-state index in [1.807, 2.05) is 31.1 Å². The molecule has 212 valence electrons. The van der Waals surface area contributed by atoms with E-state index in [0.29, 0.717) is 30.0 Å². The van der Waals surface area contributed by atoms with E-state index in [1.165, 1.54) is 0 Å². The summed E-state index contributed by atoms with van der Waals surface area (Å²) in [5.41, 5.74) is 1.69. The van der Waals surface area contributed by atoms with E-state index in [4.69, 9.17) is 4.74 Å². The molecule has 1 fully saturated rings. The average molecular weight is 538 g/mol. The van der Waals surface area contributed by atoms with Crippen LogP contribution in [0.4, 0.5) is 21.0 Å². The third-order valence-electron chi connectivity index (χ3n) is 6.40. The fourth-order valence-electron chi connectivity index (χ4n) is 4.46. The van der Waals surface area contributed by atoms with Crippen LogP contribution in [0.25, 0.3) is 0 Å². The zero-order chi connectivity index (χ0) is 28.4. The molecule has 1 saturated carbocycles. The molecule has 39 heavy (non-hydrogen) atoms. The summed E-state index contributed by atoms with van der Waals surface area (Å²) < 4.78 is 5.32. The quantitative estimate of drug-likeness (QED) is 0.361. The molecule has 0 bridgehead atoms. The number of nitrogens with zero attached hydrogens (tertiary/aromatic N) is 2. The maximum Gasteiger partial charge on any atom is 0.412 e. The van der Waals surface area contributed by atoms with Crippen molar-refractivity contribution >= 4 is 29.4 Å². The van der Waals surface area contributed by atoms with Gasteiger partial charge in [0.15, 0.2) is 0 Å². The standard InChI is InChI=1S/C30H43N5O4/c1-30(2,3)39-29(38)33-26-14-9-8-13-25(26)32-27(36)23-17-15-22(16-18-23)21-35(20-10-19-34(4)5)28(37)31-24-11-6-7-12-24/h8-9,13-18,24H,6-7,10-12,19-21H2,1-5H3,(H,31,37)(H,32,36)(H,33,38). The number of carbonyl (C=O) groups is 3. The van der Waals surface area contributed by atoms with Gasteiger partial charge in [0.2, 0.25) is 0 Å². The van der Waals surface area contributed by atoms with Gasteiger partial charge in [-0.25, -0.2) is 9.59 Å². The molecular weight excluding hydrogens is 494 g/mol. The van der Waals surface area contributed by atoms with Crippen LogP contribution in [0.5, 0.6) is 0 Å². The van der Waals surface area contributed by atoms with E-state index >= 15 is 0 Å². The molecule has 0 heterocycles. The molecule has 0 saturated heterocycles. The number of hydrogen-bond donors (Lipinski definition) is 3. The number of benzene rings is 2. The molecule has 4 amide bonds. The molecule has 0 radical (unpaired) electrons. The highest BCUT2D eigenvalue weighted by Crippen LogP contribution is 2.23. The fraction of sp³-hybridized carbons (Fsp3) is 0.500. The number of urea groups is 1. The lowest BCUT2D eigenvalue weighted by Crippen LogP contribution is -2.44. The molecule has 0 spiro atoms. The summed E-state index contributed by atoms with van der Waals surface area (Å²) in [6.07, 6.45) is 4.69. The zero-order valence-electron chi connectivity index (χ0n) is 23.9. The van der Waals surface area contributed by atoms with Gasteiger partial charge in [-0.2, -0.15) is 0 Å². The Kier molecular flexibility index (Phi) is 10.7. The number of para-hydroxylation sites is 2. The van der Waals surface area contributed by atoms with E-state index in [9.17, 15) is 14.4 Å². The van der Waals surface area contributed by atoms with Gasteiger partial charge in [-0.3, -0.25) is 10.1 Å². The van der Waals surface area contributed by atoms with Gasteiger partial charge < -0.3 is 25.2 Å². The van der Waals surface area contributed by atoms with Crippen molar-refractivity contribution in [1.29, 1.82) is 0 Å². The second kappa shape index (κ2) is 14.0. The van der Waals surface area contributed by atoms with Crippen LogP contribution in [0.2, 0.25) is 0 Å². The van der Waals surface area contributed by atoms with Gasteiger partial charge in [-0.15, -0.1) is 0 Å². The maximum absolute atomic E-state index is 13.0. The summed E-state index contributed by atoms with van der Waals surface area (Å²) in [5, 5.41) is 8.75. The second-order valence-corrected chi connectivity index (χ2v) is 11.3. The normalized spacial score (nSPS) is 13.7. The topological polar surface area (TPSA) is 103 Å². The van der Waals surface area contributed by atoms with Gasteiger partial charge in [0.1, 0.15) is 5.60 Å². The molecular formula is C30H43N5O4. The van der Waals surface area contributed by atoms with Gasteiger partial charge in [-0.1, -0.05) is 37.1 Å². The van der Waals surface area contributed by atoms with Crippen LogP contribution in [0.3, 0.4) is 0 Å². The van der Waals surface area contributed by atoms with Gasteiger partial charge in [-0.05, 0) is 90.5 Å². The summed E-state index contributed by atoms with van der Waals surface area (Å²) >= 11 is 0. The van der Waals surface area contributed by atoms with Crippen LogP contribution in [-0.2, 0) is 11.3 Å². The predicted molar refractivity (Wildman–Crippen MR) is 155 cm³/mol. The Labute approximate surface area is 232 Å². The third-order valence-corrected chi connectivity index (χ3v) is 6.40. The van der Waals surface area contributed by atoms with Crippen LogP contribution in [0, 0.1) is 0 Å². The van der Waals surface area contributed by atoms with Crippen molar-refractivity contribution in [1.82, 2.24) is 15.1 Å². The number of anilines is 2. The van der Waals surface area contributed by atoms with Crippen LogP contribution in [-0.4, -0.2) is 66.7 Å².